The van der Waals surface area contributed by atoms with Crippen LogP contribution in [0.25, 0.3) is 0 Å². The first-order chi connectivity index (χ1) is 5.49. The average molecular weight is 175 g/mol. The lowest BCUT2D eigenvalue weighted by molar-refractivity contribution is -0.398. The van der Waals surface area contributed by atoms with E-state index < -0.39 is 12.0 Å². The standard InChI is InChI=1S/C7H14N2O3/c1-4(8)6(10)9-5(2)7(11)12-3/h4-5H,8H2,1-3H3,(H,9,10)/p+1/t4-,5-/m0/s1. The number of carbonyl (C=O) groups excluding carboxylic acids is 2. The van der Waals surface area contributed by atoms with Gasteiger partial charge in [0.05, 0.1) is 7.11 Å². The Morgan fingerprint density at radius 2 is 1.92 bits per heavy atom. The fourth-order valence-corrected chi connectivity index (χ4v) is 0.591. The fraction of sp³-hybridized carbons (Fsp3) is 0.714. The fourth-order valence-electron chi connectivity index (χ4n) is 0.591. The molecule has 0 fully saturated rings. The number of nitrogens with one attached hydrogen (secondary N) is 1. The number of methoxy groups -OCH3 is 1. The van der Waals surface area contributed by atoms with E-state index in [9.17, 15) is 9.59 Å². The summed E-state index contributed by atoms with van der Waals surface area (Å²) >= 11 is 0. The quantitative estimate of drug-likeness (QED) is 0.501. The van der Waals surface area contributed by atoms with Gasteiger partial charge in [-0.05, 0) is 13.8 Å². The molecule has 0 heterocycles. The van der Waals surface area contributed by atoms with Crippen LogP contribution < -0.4 is 11.1 Å². The van der Waals surface area contributed by atoms with Crippen molar-refractivity contribution < 1.29 is 20.1 Å². The molecule has 5 heteroatoms. The van der Waals surface area contributed by atoms with Crippen molar-refractivity contribution in [1.82, 2.24) is 5.32 Å². The first-order valence-electron chi connectivity index (χ1n) is 3.70. The van der Waals surface area contributed by atoms with Crippen LogP contribution in [0, 0.1) is 0 Å². The molecule has 5 nitrogen and oxygen atoms in total. The molecule has 0 aromatic carbocycles. The molecule has 0 aromatic rings. The van der Waals surface area contributed by atoms with Gasteiger partial charge in [0, 0.05) is 0 Å². The molecule has 0 bridgehead atoms. The van der Waals surface area contributed by atoms with Crippen LogP contribution in [0.2, 0.25) is 0 Å². The summed E-state index contributed by atoms with van der Waals surface area (Å²) in [6.45, 7) is 3.21. The van der Waals surface area contributed by atoms with Gasteiger partial charge in [-0.2, -0.15) is 0 Å². The van der Waals surface area contributed by atoms with Gasteiger partial charge >= 0.3 is 5.97 Å². The Bertz CT molecular complexity index is 179. The third-order valence-corrected chi connectivity index (χ3v) is 1.36. The zero-order chi connectivity index (χ0) is 9.72. The van der Waals surface area contributed by atoms with Gasteiger partial charge in [-0.1, -0.05) is 0 Å². The number of ether oxygens (including phenoxy) is 1. The third-order valence-electron chi connectivity index (χ3n) is 1.36. The van der Waals surface area contributed by atoms with E-state index in [1.807, 2.05) is 0 Å². The SMILES string of the molecule is COC(=O)[C@H](C)NC(=O)[C@H](C)[NH3+]. The van der Waals surface area contributed by atoms with E-state index in [1.165, 1.54) is 7.11 Å². The highest BCUT2D eigenvalue weighted by Crippen LogP contribution is 1.86. The Kier molecular flexibility index (Phi) is 4.28. The predicted octanol–water partition coefficient (Wildman–Crippen LogP) is -1.71. The van der Waals surface area contributed by atoms with E-state index in [0.717, 1.165) is 0 Å². The molecule has 0 aliphatic heterocycles. The predicted molar refractivity (Wildman–Crippen MR) is 42.0 cm³/mol. The maximum absolute atomic E-state index is 11.0. The van der Waals surface area contributed by atoms with Crippen LogP contribution in [0.1, 0.15) is 13.8 Å². The second kappa shape index (κ2) is 4.71. The lowest BCUT2D eigenvalue weighted by atomic mass is 10.3. The highest BCUT2D eigenvalue weighted by molar-refractivity contribution is 5.85. The van der Waals surface area contributed by atoms with E-state index in [0.29, 0.717) is 0 Å². The van der Waals surface area contributed by atoms with E-state index in [2.05, 4.69) is 15.8 Å². The number of hydrogen-bond donors (Lipinski definition) is 2. The highest BCUT2D eigenvalue weighted by Gasteiger charge is 2.18. The van der Waals surface area contributed by atoms with Gasteiger partial charge in [0.1, 0.15) is 6.04 Å². The van der Waals surface area contributed by atoms with Crippen molar-refractivity contribution >= 4 is 11.9 Å². The van der Waals surface area contributed by atoms with Crippen LogP contribution in [0.3, 0.4) is 0 Å². The normalized spacial score (nSPS) is 14.7. The van der Waals surface area contributed by atoms with Crippen molar-refractivity contribution in [3.05, 3.63) is 0 Å². The van der Waals surface area contributed by atoms with Crippen LogP contribution in [0.4, 0.5) is 0 Å². The summed E-state index contributed by atoms with van der Waals surface area (Å²) in [7, 11) is 1.28. The molecular formula is C7H15N2O3+. The number of hydrogen-bond acceptors (Lipinski definition) is 3. The van der Waals surface area contributed by atoms with Gasteiger partial charge in [0.2, 0.25) is 0 Å². The molecule has 0 aromatic heterocycles. The minimum atomic E-state index is -0.605. The molecule has 0 saturated heterocycles. The van der Waals surface area contributed by atoms with Gasteiger partial charge in [0.25, 0.3) is 5.91 Å². The molecule has 2 atom stereocenters. The van der Waals surface area contributed by atoms with Crippen molar-refractivity contribution in [3.63, 3.8) is 0 Å². The Labute approximate surface area is 71.3 Å². The Balaban J connectivity index is 3.92. The van der Waals surface area contributed by atoms with Gasteiger partial charge in [0.15, 0.2) is 6.04 Å². The summed E-state index contributed by atoms with van der Waals surface area (Å²) in [5.41, 5.74) is 3.51. The van der Waals surface area contributed by atoms with E-state index in [-0.39, 0.29) is 11.9 Å². The van der Waals surface area contributed by atoms with Crippen molar-refractivity contribution in [2.45, 2.75) is 25.9 Å². The van der Waals surface area contributed by atoms with Crippen LogP contribution in [-0.2, 0) is 14.3 Å². The molecule has 0 rings (SSSR count). The average Bonchev–Trinajstić information content (AvgIpc) is 2.02. The first-order valence-corrected chi connectivity index (χ1v) is 3.70. The maximum Gasteiger partial charge on any atom is 0.328 e. The van der Waals surface area contributed by atoms with Crippen molar-refractivity contribution in [3.8, 4) is 0 Å². The second-order valence-electron chi connectivity index (χ2n) is 2.65. The monoisotopic (exact) mass is 175 g/mol. The highest BCUT2D eigenvalue weighted by atomic mass is 16.5. The van der Waals surface area contributed by atoms with Crippen LogP contribution in [0.15, 0.2) is 0 Å². The number of quaternary nitrogens is 1. The summed E-state index contributed by atoms with van der Waals surface area (Å²) < 4.78 is 4.42. The van der Waals surface area contributed by atoms with E-state index in [4.69, 9.17) is 0 Å². The van der Waals surface area contributed by atoms with Gasteiger partial charge in [-0.15, -0.1) is 0 Å². The summed E-state index contributed by atoms with van der Waals surface area (Å²) in [6.07, 6.45) is 0. The molecule has 0 aliphatic rings. The summed E-state index contributed by atoms with van der Waals surface area (Å²) in [5.74, 6) is -0.711. The van der Waals surface area contributed by atoms with Gasteiger partial charge in [-0.25, -0.2) is 4.79 Å². The molecule has 0 radical (unpaired) electrons. The minimum Gasteiger partial charge on any atom is -0.467 e. The van der Waals surface area contributed by atoms with Gasteiger partial charge < -0.3 is 15.8 Å². The summed E-state index contributed by atoms with van der Waals surface area (Å²) in [4.78, 5) is 21.8. The maximum atomic E-state index is 11.0. The largest absolute Gasteiger partial charge is 0.467 e. The summed E-state index contributed by atoms with van der Waals surface area (Å²) in [6, 6.07) is -0.969. The van der Waals surface area contributed by atoms with Crippen molar-refractivity contribution in [1.29, 1.82) is 0 Å². The summed E-state index contributed by atoms with van der Waals surface area (Å²) in [5, 5.41) is 2.45. The van der Waals surface area contributed by atoms with Crippen molar-refractivity contribution in [2.24, 2.45) is 0 Å². The lowest BCUT2D eigenvalue weighted by Crippen LogP contribution is -2.66. The molecule has 0 saturated carbocycles. The number of amides is 1. The number of carbonyl (C=O) groups is 2. The number of rotatable bonds is 3. The molecule has 12 heavy (non-hydrogen) atoms. The van der Waals surface area contributed by atoms with Gasteiger partial charge in [-0.3, -0.25) is 4.79 Å². The molecule has 70 valence electrons. The molecular weight excluding hydrogens is 160 g/mol. The molecule has 0 unspecified atom stereocenters. The zero-order valence-corrected chi connectivity index (χ0v) is 7.59. The Hall–Kier alpha value is -1.10. The van der Waals surface area contributed by atoms with Crippen LogP contribution >= 0.6 is 0 Å². The number of esters is 1. The van der Waals surface area contributed by atoms with E-state index >= 15 is 0 Å². The zero-order valence-electron chi connectivity index (χ0n) is 7.59. The molecule has 0 spiro atoms. The Morgan fingerprint density at radius 3 is 2.25 bits per heavy atom. The topological polar surface area (TPSA) is 83.0 Å². The van der Waals surface area contributed by atoms with Crippen molar-refractivity contribution in [2.75, 3.05) is 7.11 Å². The second-order valence-corrected chi connectivity index (χ2v) is 2.65. The molecule has 1 amide bonds. The smallest absolute Gasteiger partial charge is 0.328 e. The minimum absolute atomic E-state index is 0.257. The first kappa shape index (κ1) is 10.9. The van der Waals surface area contributed by atoms with Crippen LogP contribution in [-0.4, -0.2) is 31.1 Å². The molecule has 0 aliphatic carbocycles. The Morgan fingerprint density at radius 1 is 1.42 bits per heavy atom. The van der Waals surface area contributed by atoms with E-state index in [1.54, 1.807) is 13.8 Å². The third kappa shape index (κ3) is 3.34. The van der Waals surface area contributed by atoms with Crippen LogP contribution in [0.5, 0.6) is 0 Å². The lowest BCUT2D eigenvalue weighted by Gasteiger charge is -2.11. The molecule has 4 N–H and O–H groups in total.